The van der Waals surface area contributed by atoms with E-state index in [0.717, 1.165) is 0 Å². The first-order chi connectivity index (χ1) is 12.9. The molecule has 0 aromatic heterocycles. The van der Waals surface area contributed by atoms with Crippen molar-refractivity contribution in [2.24, 2.45) is 0 Å². The molecule has 0 spiro atoms. The van der Waals surface area contributed by atoms with E-state index in [1.807, 2.05) is 0 Å². The Balaban J connectivity index is 3.03. The Labute approximate surface area is 166 Å². The zero-order valence-corrected chi connectivity index (χ0v) is 18.5. The predicted octanol–water partition coefficient (Wildman–Crippen LogP) is 8.58. The molecule has 1 heteroatoms. The van der Waals surface area contributed by atoms with Gasteiger partial charge in [0, 0.05) is 0 Å². The molecule has 0 aromatic carbocycles. The third-order valence-corrected chi connectivity index (χ3v) is 5.29. The van der Waals surface area contributed by atoms with Gasteiger partial charge in [-0.3, -0.25) is 0 Å². The van der Waals surface area contributed by atoms with Gasteiger partial charge in [-0.15, -0.1) is 0 Å². The van der Waals surface area contributed by atoms with Crippen LogP contribution in [0.5, 0.6) is 0 Å². The monoisotopic (exact) mass is 365 g/mol. The van der Waals surface area contributed by atoms with Crippen LogP contribution in [0.1, 0.15) is 136 Å². The molecule has 0 saturated heterocycles. The summed E-state index contributed by atoms with van der Waals surface area (Å²) in [4.78, 5) is 0. The molecule has 1 N–H and O–H groups in total. The van der Waals surface area contributed by atoms with Crippen LogP contribution in [0.25, 0.3) is 0 Å². The molecule has 26 heavy (non-hydrogen) atoms. The van der Waals surface area contributed by atoms with Gasteiger partial charge in [-0.2, -0.15) is 0 Å². The first-order valence-electron chi connectivity index (χ1n) is 12.3. The number of allylic oxidation sites excluding steroid dienone is 2. The standard InChI is InChI=1S/C25H51N/c1-3-5-6-7-8-9-10-11-12-13-14-15-16-17-18-19-20-21-22-23-25-26-24-4-2/h11-12,26H,3-10,13-25H2,1-2H3/b12-11-. The third-order valence-electron chi connectivity index (χ3n) is 5.29. The maximum Gasteiger partial charge on any atom is -0.00489 e. The highest BCUT2D eigenvalue weighted by Gasteiger charge is 1.93. The van der Waals surface area contributed by atoms with E-state index < -0.39 is 0 Å². The van der Waals surface area contributed by atoms with E-state index in [9.17, 15) is 0 Å². The summed E-state index contributed by atoms with van der Waals surface area (Å²) < 4.78 is 0. The zero-order valence-electron chi connectivity index (χ0n) is 18.5. The van der Waals surface area contributed by atoms with E-state index in [1.54, 1.807) is 0 Å². The fourth-order valence-corrected chi connectivity index (χ4v) is 3.51. The lowest BCUT2D eigenvalue weighted by atomic mass is 10.1. The third kappa shape index (κ3) is 23.7. The van der Waals surface area contributed by atoms with E-state index >= 15 is 0 Å². The number of nitrogens with one attached hydrogen (secondary N) is 1. The van der Waals surface area contributed by atoms with Crippen LogP contribution in [0.3, 0.4) is 0 Å². The Kier molecular flexibility index (Phi) is 24.4. The lowest BCUT2D eigenvalue weighted by Crippen LogP contribution is -2.15. The molecule has 0 amide bonds. The number of unbranched alkanes of at least 4 members (excludes halogenated alkanes) is 16. The van der Waals surface area contributed by atoms with Gasteiger partial charge >= 0.3 is 0 Å². The van der Waals surface area contributed by atoms with E-state index in [0.29, 0.717) is 0 Å². The zero-order chi connectivity index (χ0) is 19.0. The van der Waals surface area contributed by atoms with Gasteiger partial charge in [0.15, 0.2) is 0 Å². The van der Waals surface area contributed by atoms with Crippen LogP contribution < -0.4 is 5.32 Å². The molecule has 0 unspecified atom stereocenters. The van der Waals surface area contributed by atoms with Gasteiger partial charge < -0.3 is 5.32 Å². The van der Waals surface area contributed by atoms with Crippen molar-refractivity contribution in [1.82, 2.24) is 5.32 Å². The van der Waals surface area contributed by atoms with Crippen molar-refractivity contribution in [1.29, 1.82) is 0 Å². The van der Waals surface area contributed by atoms with Crippen molar-refractivity contribution in [3.05, 3.63) is 12.2 Å². The molecular formula is C25H51N. The SMILES string of the molecule is CCCCCCCC/C=C\CCCCCCCCCCCCNCCC. The van der Waals surface area contributed by atoms with Crippen LogP contribution in [0, 0.1) is 0 Å². The molecule has 0 radical (unpaired) electrons. The van der Waals surface area contributed by atoms with Crippen molar-refractivity contribution < 1.29 is 0 Å². The highest BCUT2D eigenvalue weighted by Crippen LogP contribution is 2.12. The fraction of sp³-hybridized carbons (Fsp3) is 0.920. The quantitative estimate of drug-likeness (QED) is 0.150. The summed E-state index contributed by atoms with van der Waals surface area (Å²) in [5.74, 6) is 0. The van der Waals surface area contributed by atoms with Gasteiger partial charge in [-0.25, -0.2) is 0 Å². The summed E-state index contributed by atoms with van der Waals surface area (Å²) in [5, 5.41) is 3.49. The summed E-state index contributed by atoms with van der Waals surface area (Å²) in [7, 11) is 0. The van der Waals surface area contributed by atoms with Gasteiger partial charge in [0.05, 0.1) is 0 Å². The molecule has 0 bridgehead atoms. The molecule has 0 fully saturated rings. The van der Waals surface area contributed by atoms with Crippen LogP contribution >= 0.6 is 0 Å². The molecule has 0 rings (SSSR count). The van der Waals surface area contributed by atoms with Crippen LogP contribution in [0.2, 0.25) is 0 Å². The normalized spacial score (nSPS) is 11.6. The second kappa shape index (κ2) is 24.7. The van der Waals surface area contributed by atoms with Crippen molar-refractivity contribution >= 4 is 0 Å². The molecule has 0 aromatic rings. The summed E-state index contributed by atoms with van der Waals surface area (Å²) in [6.45, 7) is 6.94. The molecule has 0 saturated carbocycles. The Hall–Kier alpha value is -0.300. The van der Waals surface area contributed by atoms with Crippen LogP contribution in [-0.4, -0.2) is 13.1 Å². The molecule has 0 aliphatic heterocycles. The Morgan fingerprint density at radius 2 is 0.846 bits per heavy atom. The maximum atomic E-state index is 3.49. The number of rotatable bonds is 22. The summed E-state index contributed by atoms with van der Waals surface area (Å²) in [6.07, 6.45) is 31.6. The van der Waals surface area contributed by atoms with Crippen LogP contribution in [0.4, 0.5) is 0 Å². The Morgan fingerprint density at radius 1 is 0.423 bits per heavy atom. The van der Waals surface area contributed by atoms with E-state index in [1.165, 1.54) is 135 Å². The largest absolute Gasteiger partial charge is 0.317 e. The van der Waals surface area contributed by atoms with Gasteiger partial charge in [0.25, 0.3) is 0 Å². The van der Waals surface area contributed by atoms with E-state index in [-0.39, 0.29) is 0 Å². The second-order valence-electron chi connectivity index (χ2n) is 8.10. The second-order valence-corrected chi connectivity index (χ2v) is 8.10. The van der Waals surface area contributed by atoms with Gasteiger partial charge in [0.2, 0.25) is 0 Å². The number of hydrogen-bond acceptors (Lipinski definition) is 1. The molecule has 0 atom stereocenters. The Morgan fingerprint density at radius 3 is 1.31 bits per heavy atom. The highest BCUT2D eigenvalue weighted by atomic mass is 14.8. The van der Waals surface area contributed by atoms with Crippen LogP contribution in [0.15, 0.2) is 12.2 Å². The minimum Gasteiger partial charge on any atom is -0.317 e. The molecule has 0 heterocycles. The first kappa shape index (κ1) is 25.7. The van der Waals surface area contributed by atoms with Gasteiger partial charge in [-0.1, -0.05) is 109 Å². The molecular weight excluding hydrogens is 314 g/mol. The van der Waals surface area contributed by atoms with Gasteiger partial charge in [-0.05, 0) is 51.6 Å². The summed E-state index contributed by atoms with van der Waals surface area (Å²) >= 11 is 0. The topological polar surface area (TPSA) is 12.0 Å². The minimum atomic E-state index is 1.19. The van der Waals surface area contributed by atoms with Crippen molar-refractivity contribution in [2.45, 2.75) is 136 Å². The number of hydrogen-bond donors (Lipinski definition) is 1. The first-order valence-corrected chi connectivity index (χ1v) is 12.3. The summed E-state index contributed by atoms with van der Waals surface area (Å²) in [5.41, 5.74) is 0. The molecule has 1 nitrogen and oxygen atoms in total. The minimum absolute atomic E-state index is 1.19. The van der Waals surface area contributed by atoms with Crippen molar-refractivity contribution in [3.63, 3.8) is 0 Å². The summed E-state index contributed by atoms with van der Waals surface area (Å²) in [6, 6.07) is 0. The average Bonchev–Trinajstić information content (AvgIpc) is 2.66. The van der Waals surface area contributed by atoms with Crippen molar-refractivity contribution in [3.8, 4) is 0 Å². The Bertz CT molecular complexity index is 259. The lowest BCUT2D eigenvalue weighted by molar-refractivity contribution is 0.540. The highest BCUT2D eigenvalue weighted by molar-refractivity contribution is 4.81. The molecule has 0 aliphatic rings. The molecule has 156 valence electrons. The lowest BCUT2D eigenvalue weighted by Gasteiger charge is -2.03. The molecule has 0 aliphatic carbocycles. The van der Waals surface area contributed by atoms with Gasteiger partial charge in [0.1, 0.15) is 0 Å². The maximum absolute atomic E-state index is 3.49. The van der Waals surface area contributed by atoms with E-state index in [4.69, 9.17) is 0 Å². The predicted molar refractivity (Wildman–Crippen MR) is 121 cm³/mol. The average molecular weight is 366 g/mol. The fourth-order valence-electron chi connectivity index (χ4n) is 3.51. The van der Waals surface area contributed by atoms with E-state index in [2.05, 4.69) is 31.3 Å². The smallest absolute Gasteiger partial charge is 0.00489 e. The van der Waals surface area contributed by atoms with Crippen molar-refractivity contribution in [2.75, 3.05) is 13.1 Å². The van der Waals surface area contributed by atoms with Crippen LogP contribution in [-0.2, 0) is 0 Å².